The van der Waals surface area contributed by atoms with E-state index in [1.807, 2.05) is 20.6 Å². The first kappa shape index (κ1) is 17.6. The fraction of sp³-hybridized carbons (Fsp3) is 0.526. The molecule has 0 N–H and O–H groups in total. The van der Waals surface area contributed by atoms with Gasteiger partial charge in [-0.3, -0.25) is 14.6 Å². The average molecular weight is 368 g/mol. The summed E-state index contributed by atoms with van der Waals surface area (Å²) in [6, 6.07) is 0.102. The minimum absolute atomic E-state index is 0.0885. The highest BCUT2D eigenvalue weighted by Gasteiger charge is 2.38. The third-order valence-electron chi connectivity index (χ3n) is 5.47. The summed E-state index contributed by atoms with van der Waals surface area (Å²) in [7, 11) is 0. The maximum absolute atomic E-state index is 12.8. The molecule has 0 saturated carbocycles. The van der Waals surface area contributed by atoms with Gasteiger partial charge in [-0.25, -0.2) is 9.97 Å². The fourth-order valence-electron chi connectivity index (χ4n) is 4.10. The number of nitrogens with zero attached hydrogens (tertiary/aromatic N) is 6. The number of hydrogen-bond donors (Lipinski definition) is 0. The van der Waals surface area contributed by atoms with Crippen LogP contribution in [0.15, 0.2) is 37.3 Å². The number of fused-ring (bicyclic) bond motifs is 4. The Labute approximate surface area is 158 Å². The van der Waals surface area contributed by atoms with Crippen LogP contribution in [0.3, 0.4) is 0 Å². The van der Waals surface area contributed by atoms with Crippen molar-refractivity contribution in [2.24, 2.45) is 5.92 Å². The van der Waals surface area contributed by atoms with Gasteiger partial charge >= 0.3 is 0 Å². The van der Waals surface area contributed by atoms with E-state index in [-0.39, 0.29) is 17.9 Å². The van der Waals surface area contributed by atoms with Crippen LogP contribution in [0.5, 0.6) is 0 Å². The predicted octanol–water partition coefficient (Wildman–Crippen LogP) is 1.22. The number of carbonyl (C=O) groups is 2. The van der Waals surface area contributed by atoms with E-state index in [0.717, 1.165) is 32.4 Å². The Morgan fingerprint density at radius 2 is 2.00 bits per heavy atom. The van der Waals surface area contributed by atoms with E-state index < -0.39 is 0 Å². The Morgan fingerprint density at radius 3 is 2.78 bits per heavy atom. The molecule has 3 aliphatic heterocycles. The molecule has 2 aromatic heterocycles. The van der Waals surface area contributed by atoms with Crippen LogP contribution in [0.25, 0.3) is 0 Å². The molecule has 0 spiro atoms. The van der Waals surface area contributed by atoms with Crippen molar-refractivity contribution in [2.75, 3.05) is 19.6 Å². The lowest BCUT2D eigenvalue weighted by Gasteiger charge is -2.36. The number of amides is 2. The molecule has 8 heteroatoms. The third kappa shape index (κ3) is 3.99. The summed E-state index contributed by atoms with van der Waals surface area (Å²) in [5, 5.41) is 0. The zero-order chi connectivity index (χ0) is 18.6. The van der Waals surface area contributed by atoms with Crippen molar-refractivity contribution in [1.29, 1.82) is 0 Å². The molecule has 5 rings (SSSR count). The highest BCUT2D eigenvalue weighted by molar-refractivity contribution is 5.92. The minimum atomic E-state index is -0.0885. The maximum Gasteiger partial charge on any atom is 0.274 e. The minimum Gasteiger partial charge on any atom is -0.338 e. The summed E-state index contributed by atoms with van der Waals surface area (Å²) in [6.07, 6.45) is 13.4. The molecule has 27 heavy (non-hydrogen) atoms. The van der Waals surface area contributed by atoms with Crippen LogP contribution < -0.4 is 0 Å². The summed E-state index contributed by atoms with van der Waals surface area (Å²) in [6.45, 7) is 2.81. The Morgan fingerprint density at radius 1 is 1.07 bits per heavy atom. The molecule has 2 unspecified atom stereocenters. The molecule has 2 aromatic rings. The van der Waals surface area contributed by atoms with Gasteiger partial charge in [0.2, 0.25) is 5.91 Å². The second kappa shape index (κ2) is 7.85. The summed E-state index contributed by atoms with van der Waals surface area (Å²) in [5.74, 6) is 0.440. The topological polar surface area (TPSA) is 84.2 Å². The van der Waals surface area contributed by atoms with Gasteiger partial charge in [-0.05, 0) is 25.2 Å². The Kier molecular flexibility index (Phi) is 5.13. The molecule has 142 valence electrons. The first-order valence-electron chi connectivity index (χ1n) is 9.51. The smallest absolute Gasteiger partial charge is 0.274 e. The Hall–Kier alpha value is -2.77. The van der Waals surface area contributed by atoms with Crippen LogP contribution in [0.1, 0.15) is 36.2 Å². The van der Waals surface area contributed by atoms with Crippen LogP contribution in [0.2, 0.25) is 0 Å². The van der Waals surface area contributed by atoms with Gasteiger partial charge in [0.25, 0.3) is 5.91 Å². The van der Waals surface area contributed by atoms with Gasteiger partial charge in [0.15, 0.2) is 0 Å². The van der Waals surface area contributed by atoms with Crippen LogP contribution in [-0.4, -0.2) is 66.8 Å². The molecule has 0 aromatic carbocycles. The van der Waals surface area contributed by atoms with E-state index in [4.69, 9.17) is 0 Å². The molecule has 5 heterocycles. The number of carbonyl (C=O) groups excluding carboxylic acids is 2. The zero-order valence-corrected chi connectivity index (χ0v) is 15.3. The first-order valence-corrected chi connectivity index (χ1v) is 9.51. The monoisotopic (exact) mass is 368 g/mol. The van der Waals surface area contributed by atoms with Gasteiger partial charge in [-0.1, -0.05) is 0 Å². The second-order valence-corrected chi connectivity index (χ2v) is 7.35. The maximum atomic E-state index is 12.8. The normalized spacial score (nSPS) is 21.9. The molecule has 0 radical (unpaired) electrons. The number of aryl methyl sites for hydroxylation is 1. The summed E-state index contributed by atoms with van der Waals surface area (Å²) >= 11 is 0. The summed E-state index contributed by atoms with van der Waals surface area (Å²) in [5.41, 5.74) is 0.372. The van der Waals surface area contributed by atoms with Crippen molar-refractivity contribution in [3.63, 3.8) is 0 Å². The molecule has 3 fully saturated rings. The van der Waals surface area contributed by atoms with Crippen molar-refractivity contribution >= 4 is 11.8 Å². The second-order valence-electron chi connectivity index (χ2n) is 7.35. The van der Waals surface area contributed by atoms with Crippen molar-refractivity contribution < 1.29 is 9.59 Å². The first-order chi connectivity index (χ1) is 13.2. The molecule has 8 nitrogen and oxygen atoms in total. The SMILES string of the molecule is O=C(c1cnccn1)N1CC2CCC(C1)N(C(=O)CCCn1ccnc1)C2. The van der Waals surface area contributed by atoms with Gasteiger partial charge < -0.3 is 14.4 Å². The van der Waals surface area contributed by atoms with E-state index in [0.29, 0.717) is 31.1 Å². The summed E-state index contributed by atoms with van der Waals surface area (Å²) in [4.78, 5) is 41.6. The van der Waals surface area contributed by atoms with Gasteiger partial charge in [0.1, 0.15) is 5.69 Å². The molecular formula is C19H24N6O2. The quantitative estimate of drug-likeness (QED) is 0.792. The van der Waals surface area contributed by atoms with Crippen molar-refractivity contribution in [2.45, 2.75) is 38.3 Å². The summed E-state index contributed by atoms with van der Waals surface area (Å²) < 4.78 is 1.99. The molecule has 3 aliphatic rings. The fourth-order valence-corrected chi connectivity index (χ4v) is 4.10. The number of piperidine rings is 1. The van der Waals surface area contributed by atoms with Crippen molar-refractivity contribution in [1.82, 2.24) is 29.3 Å². The van der Waals surface area contributed by atoms with Crippen LogP contribution >= 0.6 is 0 Å². The van der Waals surface area contributed by atoms with E-state index >= 15 is 0 Å². The highest BCUT2D eigenvalue weighted by Crippen LogP contribution is 2.29. The number of imidazole rings is 1. The Balaban J connectivity index is 1.37. The van der Waals surface area contributed by atoms with Crippen molar-refractivity contribution in [3.8, 4) is 0 Å². The van der Waals surface area contributed by atoms with Crippen LogP contribution in [0, 0.1) is 5.92 Å². The van der Waals surface area contributed by atoms with Crippen LogP contribution in [0.4, 0.5) is 0 Å². The lowest BCUT2D eigenvalue weighted by molar-refractivity contribution is -0.135. The molecule has 0 aliphatic carbocycles. The van der Waals surface area contributed by atoms with Gasteiger partial charge in [0, 0.05) is 63.4 Å². The van der Waals surface area contributed by atoms with Gasteiger partial charge in [-0.15, -0.1) is 0 Å². The Bertz CT molecular complexity index is 779. The zero-order valence-electron chi connectivity index (χ0n) is 15.3. The van der Waals surface area contributed by atoms with Crippen molar-refractivity contribution in [3.05, 3.63) is 43.0 Å². The van der Waals surface area contributed by atoms with Crippen LogP contribution in [-0.2, 0) is 11.3 Å². The van der Waals surface area contributed by atoms with E-state index in [2.05, 4.69) is 15.0 Å². The lowest BCUT2D eigenvalue weighted by Crippen LogP contribution is -2.47. The largest absolute Gasteiger partial charge is 0.338 e. The van der Waals surface area contributed by atoms with E-state index in [9.17, 15) is 9.59 Å². The molecular weight excluding hydrogens is 344 g/mol. The molecule has 2 atom stereocenters. The lowest BCUT2D eigenvalue weighted by atomic mass is 9.94. The number of hydrogen-bond acceptors (Lipinski definition) is 5. The number of aromatic nitrogens is 4. The molecule has 3 saturated heterocycles. The van der Waals surface area contributed by atoms with Gasteiger partial charge in [0.05, 0.1) is 12.5 Å². The standard InChI is InChI=1S/C19H24N6O2/c26-18(2-1-8-23-9-7-21-14-23)25-12-15-3-4-16(25)13-24(11-15)19(27)17-10-20-5-6-22-17/h5-7,9-10,14-16H,1-4,8,11-13H2. The molecule has 2 amide bonds. The highest BCUT2D eigenvalue weighted by atomic mass is 16.2. The van der Waals surface area contributed by atoms with E-state index in [1.54, 1.807) is 18.7 Å². The number of rotatable bonds is 5. The predicted molar refractivity (Wildman–Crippen MR) is 97.6 cm³/mol. The van der Waals surface area contributed by atoms with Gasteiger partial charge in [-0.2, -0.15) is 0 Å². The third-order valence-corrected chi connectivity index (χ3v) is 5.47. The molecule has 2 bridgehead atoms. The van der Waals surface area contributed by atoms with E-state index in [1.165, 1.54) is 12.4 Å². The average Bonchev–Trinajstić information content (AvgIpc) is 3.05.